The van der Waals surface area contributed by atoms with Crippen molar-refractivity contribution in [3.8, 4) is 0 Å². The molecule has 1 aromatic heterocycles. The Morgan fingerprint density at radius 2 is 2.00 bits per heavy atom. The van der Waals surface area contributed by atoms with Gasteiger partial charge in [0.2, 0.25) is 12.1 Å². The van der Waals surface area contributed by atoms with Crippen LogP contribution in [0.3, 0.4) is 0 Å². The summed E-state index contributed by atoms with van der Waals surface area (Å²) < 4.78 is 11.0. The number of hydrogen-bond donors (Lipinski definition) is 0. The third-order valence-electron chi connectivity index (χ3n) is 2.80. The molecule has 2 aromatic rings. The number of anilines is 1. The molecule has 3 rings (SSSR count). The Balaban J connectivity index is 1.95. The van der Waals surface area contributed by atoms with Crippen LogP contribution in [0.2, 0.25) is 0 Å². The molecule has 19 heavy (non-hydrogen) atoms. The van der Waals surface area contributed by atoms with Gasteiger partial charge < -0.3 is 9.26 Å². The summed E-state index contributed by atoms with van der Waals surface area (Å²) in [4.78, 5) is 3.89. The van der Waals surface area contributed by atoms with E-state index in [0.29, 0.717) is 11.5 Å². The zero-order chi connectivity index (χ0) is 13.2. The van der Waals surface area contributed by atoms with Gasteiger partial charge in [0.25, 0.3) is 0 Å². The maximum atomic E-state index is 5.86. The summed E-state index contributed by atoms with van der Waals surface area (Å²) in [5.74, 6) is 1.13. The predicted octanol–water partition coefficient (Wildman–Crippen LogP) is 2.16. The van der Waals surface area contributed by atoms with Crippen LogP contribution < -0.4 is 4.90 Å². The van der Waals surface area contributed by atoms with Crippen LogP contribution in [0.1, 0.15) is 5.76 Å². The van der Waals surface area contributed by atoms with Crippen molar-refractivity contribution in [1.82, 2.24) is 10.1 Å². The first kappa shape index (κ1) is 11.8. The number of rotatable bonds is 3. The summed E-state index contributed by atoms with van der Waals surface area (Å²) in [5, 5.41) is 3.69. The lowest BCUT2D eigenvalue weighted by molar-refractivity contribution is 0.0565. The lowest BCUT2D eigenvalue weighted by Crippen LogP contribution is -2.40. The highest BCUT2D eigenvalue weighted by Crippen LogP contribution is 2.30. The maximum Gasteiger partial charge on any atom is 0.236 e. The van der Waals surface area contributed by atoms with Crippen molar-refractivity contribution < 1.29 is 9.26 Å². The van der Waals surface area contributed by atoms with E-state index in [1.54, 1.807) is 12.3 Å². The molecular formula is C14H14N3O2. The average Bonchev–Trinajstić information content (AvgIpc) is 3.08. The molecule has 1 atom stereocenters. The fourth-order valence-corrected chi connectivity index (χ4v) is 1.91. The van der Waals surface area contributed by atoms with E-state index in [4.69, 9.17) is 9.26 Å². The van der Waals surface area contributed by atoms with Gasteiger partial charge in [0.05, 0.1) is 6.20 Å². The van der Waals surface area contributed by atoms with Crippen LogP contribution in [0.4, 0.5) is 5.69 Å². The molecule has 0 fully saturated rings. The normalized spacial score (nSPS) is 18.6. The lowest BCUT2D eigenvalue weighted by Gasteiger charge is -2.28. The van der Waals surface area contributed by atoms with Crippen LogP contribution in [-0.4, -0.2) is 30.5 Å². The topological polar surface area (TPSA) is 41.7 Å². The van der Waals surface area contributed by atoms with Crippen molar-refractivity contribution >= 4 is 11.4 Å². The maximum absolute atomic E-state index is 5.86. The second-order valence-electron chi connectivity index (χ2n) is 4.43. The minimum Gasteiger partial charge on any atom is -0.450 e. The Labute approximate surface area is 111 Å². The molecular weight excluding hydrogens is 242 g/mol. The molecule has 1 unspecified atom stereocenters. The third-order valence-corrected chi connectivity index (χ3v) is 2.80. The first-order chi connectivity index (χ1) is 9.25. The highest BCUT2D eigenvalue weighted by molar-refractivity contribution is 5.61. The molecule has 1 radical (unpaired) electrons. The standard InChI is InChI=1S/C14H14N3O2/c1-16(2)14-17(11-6-4-3-5-7-11)10-13(18-14)12-8-9-15-19-12/h3-9,14H,1-2H3. The lowest BCUT2D eigenvalue weighted by atomic mass is 10.3. The van der Waals surface area contributed by atoms with E-state index in [0.717, 1.165) is 5.69 Å². The van der Waals surface area contributed by atoms with Gasteiger partial charge in [-0.2, -0.15) is 0 Å². The highest BCUT2D eigenvalue weighted by atomic mass is 16.6. The van der Waals surface area contributed by atoms with Crippen LogP contribution in [0.25, 0.3) is 5.76 Å². The summed E-state index contributed by atoms with van der Waals surface area (Å²) in [6.45, 7) is 0. The summed E-state index contributed by atoms with van der Waals surface area (Å²) in [6.07, 6.45) is 4.53. The Bertz CT molecular complexity index is 564. The number of aromatic nitrogens is 1. The van der Waals surface area contributed by atoms with Crippen molar-refractivity contribution in [3.63, 3.8) is 0 Å². The molecule has 0 amide bonds. The van der Waals surface area contributed by atoms with E-state index < -0.39 is 0 Å². The van der Waals surface area contributed by atoms with Gasteiger partial charge in [-0.15, -0.1) is 0 Å². The molecule has 1 aromatic carbocycles. The van der Waals surface area contributed by atoms with Crippen molar-refractivity contribution in [2.75, 3.05) is 19.0 Å². The first-order valence-electron chi connectivity index (χ1n) is 5.98. The van der Waals surface area contributed by atoms with Gasteiger partial charge in [-0.3, -0.25) is 9.80 Å². The number of nitrogens with zero attached hydrogens (tertiary/aromatic N) is 3. The molecule has 1 aliphatic heterocycles. The Morgan fingerprint density at radius 1 is 1.21 bits per heavy atom. The summed E-state index contributed by atoms with van der Waals surface area (Å²) >= 11 is 0. The monoisotopic (exact) mass is 256 g/mol. The number of para-hydroxylation sites is 1. The van der Waals surface area contributed by atoms with E-state index in [1.165, 1.54) is 0 Å². The smallest absolute Gasteiger partial charge is 0.236 e. The average molecular weight is 256 g/mol. The van der Waals surface area contributed by atoms with Gasteiger partial charge in [0.15, 0.2) is 5.76 Å². The van der Waals surface area contributed by atoms with Gasteiger partial charge in [0.1, 0.15) is 6.20 Å². The molecule has 2 heterocycles. The summed E-state index contributed by atoms with van der Waals surface area (Å²) in [5.41, 5.74) is 1.01. The molecule has 0 bridgehead atoms. The molecule has 97 valence electrons. The summed E-state index contributed by atoms with van der Waals surface area (Å²) in [6, 6.07) is 11.7. The third kappa shape index (κ3) is 2.20. The second-order valence-corrected chi connectivity index (χ2v) is 4.43. The van der Waals surface area contributed by atoms with E-state index in [-0.39, 0.29) is 6.35 Å². The van der Waals surface area contributed by atoms with Crippen molar-refractivity contribution in [2.24, 2.45) is 0 Å². The minimum atomic E-state index is -0.248. The van der Waals surface area contributed by atoms with Crippen molar-refractivity contribution in [1.29, 1.82) is 0 Å². The van der Waals surface area contributed by atoms with Gasteiger partial charge in [-0.1, -0.05) is 23.4 Å². The fourth-order valence-electron chi connectivity index (χ4n) is 1.91. The highest BCUT2D eigenvalue weighted by Gasteiger charge is 2.31. The molecule has 0 saturated heterocycles. The molecule has 0 saturated carbocycles. The van der Waals surface area contributed by atoms with Gasteiger partial charge in [-0.05, 0) is 26.2 Å². The zero-order valence-electron chi connectivity index (χ0n) is 10.8. The van der Waals surface area contributed by atoms with Gasteiger partial charge in [-0.25, -0.2) is 0 Å². The Morgan fingerprint density at radius 3 is 2.63 bits per heavy atom. The Kier molecular flexibility index (Phi) is 2.97. The molecule has 1 aliphatic rings. The molecule has 0 aliphatic carbocycles. The number of hydrogen-bond acceptors (Lipinski definition) is 5. The quantitative estimate of drug-likeness (QED) is 0.841. The largest absolute Gasteiger partial charge is 0.450 e. The molecule has 5 heteroatoms. The van der Waals surface area contributed by atoms with E-state index in [2.05, 4.69) is 11.4 Å². The molecule has 0 spiro atoms. The first-order valence-corrected chi connectivity index (χ1v) is 5.98. The second kappa shape index (κ2) is 4.78. The Hall–Kier alpha value is -2.27. The van der Waals surface area contributed by atoms with Crippen LogP contribution in [0, 0.1) is 6.20 Å². The zero-order valence-corrected chi connectivity index (χ0v) is 10.8. The van der Waals surface area contributed by atoms with E-state index in [9.17, 15) is 0 Å². The van der Waals surface area contributed by atoms with Crippen molar-refractivity contribution in [3.05, 3.63) is 54.6 Å². The summed E-state index contributed by atoms with van der Waals surface area (Å²) in [7, 11) is 3.90. The number of benzene rings is 1. The SMILES string of the molecule is CN(C)C1OC(c2ccno2)=[C]N1c1ccccc1. The van der Waals surface area contributed by atoms with Crippen LogP contribution in [0.5, 0.6) is 0 Å². The van der Waals surface area contributed by atoms with Crippen LogP contribution >= 0.6 is 0 Å². The van der Waals surface area contributed by atoms with Gasteiger partial charge >= 0.3 is 0 Å². The van der Waals surface area contributed by atoms with E-state index >= 15 is 0 Å². The number of ether oxygens (including phenoxy) is 1. The van der Waals surface area contributed by atoms with Crippen molar-refractivity contribution in [2.45, 2.75) is 6.35 Å². The predicted molar refractivity (Wildman–Crippen MR) is 70.6 cm³/mol. The molecule has 0 N–H and O–H groups in total. The van der Waals surface area contributed by atoms with E-state index in [1.807, 2.05) is 54.2 Å². The fraction of sp³-hybridized carbons (Fsp3) is 0.214. The molecule has 5 nitrogen and oxygen atoms in total. The van der Waals surface area contributed by atoms with Crippen LogP contribution in [0.15, 0.2) is 47.1 Å². The van der Waals surface area contributed by atoms with Gasteiger partial charge in [0, 0.05) is 11.8 Å². The minimum absolute atomic E-state index is 0.248. The van der Waals surface area contributed by atoms with Crippen LogP contribution in [-0.2, 0) is 4.74 Å².